The summed E-state index contributed by atoms with van der Waals surface area (Å²) in [5, 5.41) is 0. The van der Waals surface area contributed by atoms with E-state index in [2.05, 4.69) is 4.74 Å². The van der Waals surface area contributed by atoms with E-state index in [1.54, 1.807) is 4.72 Å². The Morgan fingerprint density at radius 2 is 1.82 bits per heavy atom. The number of rotatable bonds is 9. The first kappa shape index (κ1) is 24.6. The Balaban J connectivity index is 3.51. The van der Waals surface area contributed by atoms with Gasteiger partial charge in [-0.25, -0.2) is 22.0 Å². The van der Waals surface area contributed by atoms with Crippen molar-refractivity contribution in [2.24, 2.45) is 0 Å². The van der Waals surface area contributed by atoms with Crippen LogP contribution >= 0.6 is 0 Å². The predicted molar refractivity (Wildman–Crippen MR) is 95.9 cm³/mol. The minimum atomic E-state index is -4.34. The van der Waals surface area contributed by atoms with Gasteiger partial charge in [0.25, 0.3) is 12.3 Å². The third-order valence-corrected chi connectivity index (χ3v) is 5.58. The quantitative estimate of drug-likeness (QED) is 0.361. The van der Waals surface area contributed by atoms with Crippen molar-refractivity contribution >= 4 is 17.3 Å². The largest absolute Gasteiger partial charge is 0.598 e. The summed E-state index contributed by atoms with van der Waals surface area (Å²) in [6.07, 6.45) is -6.06. The van der Waals surface area contributed by atoms with Crippen LogP contribution in [0.15, 0.2) is 24.3 Å². The van der Waals surface area contributed by atoms with Gasteiger partial charge in [0.1, 0.15) is 10.6 Å². The molecule has 0 aromatic heterocycles. The predicted octanol–water partition coefficient (Wildman–Crippen LogP) is 4.32. The highest BCUT2D eigenvalue weighted by atomic mass is 32.2. The Hall–Kier alpha value is -1.39. The number of hydrogen-bond acceptors (Lipinski definition) is 4. The van der Waals surface area contributed by atoms with Crippen molar-refractivity contribution in [2.75, 3.05) is 6.61 Å². The molecule has 0 aliphatic rings. The molecule has 0 spiro atoms. The average molecular weight is 429 g/mol. The fourth-order valence-electron chi connectivity index (χ4n) is 2.42. The van der Waals surface area contributed by atoms with Crippen LogP contribution in [0.25, 0.3) is 0 Å². The summed E-state index contributed by atoms with van der Waals surface area (Å²) in [4.78, 5) is 11.5. The van der Waals surface area contributed by atoms with Gasteiger partial charge in [-0.1, -0.05) is 18.2 Å². The van der Waals surface area contributed by atoms with Crippen LogP contribution in [0.4, 0.5) is 22.0 Å². The van der Waals surface area contributed by atoms with Crippen LogP contribution in [0, 0.1) is 5.82 Å². The molecule has 10 heteroatoms. The molecule has 1 aromatic rings. The smallest absolute Gasteiger partial charge is 0.305 e. The van der Waals surface area contributed by atoms with Crippen molar-refractivity contribution in [2.45, 2.75) is 63.2 Å². The van der Waals surface area contributed by atoms with E-state index in [1.165, 1.54) is 27.7 Å². The number of benzene rings is 1. The molecule has 1 N–H and O–H groups in total. The molecule has 0 saturated carbocycles. The first-order chi connectivity index (χ1) is 12.8. The standard InChI is InChI=1S/C18H24F5NO3S/c1-5-27-14(25)10-11-17(22,23)18(15(20)21,24-28(26)16(2,3)4)12-8-6-7-9-13(12)19/h6-9,15,24H,5,10-11H2,1-4H3. The van der Waals surface area contributed by atoms with Crippen LogP contribution in [0.1, 0.15) is 46.1 Å². The molecule has 4 nitrogen and oxygen atoms in total. The monoisotopic (exact) mass is 429 g/mol. The molecule has 1 aromatic carbocycles. The van der Waals surface area contributed by atoms with Gasteiger partial charge >= 0.3 is 5.97 Å². The van der Waals surface area contributed by atoms with E-state index in [9.17, 15) is 22.5 Å². The molecule has 0 bridgehead atoms. The number of halogens is 5. The molecule has 0 aliphatic heterocycles. The number of nitrogens with one attached hydrogen (secondary N) is 1. The number of esters is 1. The van der Waals surface area contributed by atoms with E-state index >= 15 is 8.78 Å². The second-order valence-electron chi connectivity index (χ2n) is 7.08. The Kier molecular flexibility index (Phi) is 8.28. The van der Waals surface area contributed by atoms with Crippen molar-refractivity contribution in [3.05, 3.63) is 35.6 Å². The van der Waals surface area contributed by atoms with E-state index in [4.69, 9.17) is 0 Å². The number of ether oxygens (including phenoxy) is 1. The Bertz CT molecular complexity index is 669. The Labute approximate surface area is 164 Å². The van der Waals surface area contributed by atoms with Crippen LogP contribution in [0.5, 0.6) is 0 Å². The molecule has 2 unspecified atom stereocenters. The molecule has 28 heavy (non-hydrogen) atoms. The van der Waals surface area contributed by atoms with Crippen LogP contribution in [-0.2, 0) is 26.4 Å². The summed E-state index contributed by atoms with van der Waals surface area (Å²) in [7, 11) is 0. The molecule has 0 aliphatic carbocycles. The summed E-state index contributed by atoms with van der Waals surface area (Å²) < 4.78 is 90.7. The maximum Gasteiger partial charge on any atom is 0.305 e. The SMILES string of the molecule is CCOC(=O)CCC(F)(F)C(N[S+]([O-])C(C)(C)C)(c1ccccc1F)C(F)F. The van der Waals surface area contributed by atoms with E-state index in [0.29, 0.717) is 0 Å². The van der Waals surface area contributed by atoms with Crippen LogP contribution in [0.3, 0.4) is 0 Å². The maximum absolute atomic E-state index is 15.2. The van der Waals surface area contributed by atoms with Gasteiger partial charge in [0.05, 0.1) is 13.0 Å². The highest BCUT2D eigenvalue weighted by Gasteiger charge is 2.65. The normalized spacial score (nSPS) is 16.0. The zero-order chi connectivity index (χ0) is 21.8. The second kappa shape index (κ2) is 9.41. The van der Waals surface area contributed by atoms with Gasteiger partial charge in [0, 0.05) is 23.3 Å². The first-order valence-electron chi connectivity index (χ1n) is 8.56. The topological polar surface area (TPSA) is 61.4 Å². The number of carbonyl (C=O) groups is 1. The fourth-order valence-corrected chi connectivity index (χ4v) is 3.37. The number of carbonyl (C=O) groups excluding carboxylic acids is 1. The van der Waals surface area contributed by atoms with Crippen molar-refractivity contribution in [1.29, 1.82) is 0 Å². The lowest BCUT2D eigenvalue weighted by molar-refractivity contribution is -0.162. The highest BCUT2D eigenvalue weighted by Crippen LogP contribution is 2.47. The van der Waals surface area contributed by atoms with E-state index in [-0.39, 0.29) is 6.61 Å². The lowest BCUT2D eigenvalue weighted by Crippen LogP contribution is -2.64. The third-order valence-electron chi connectivity index (χ3n) is 3.96. The van der Waals surface area contributed by atoms with Crippen molar-refractivity contribution < 1.29 is 36.0 Å². The Morgan fingerprint density at radius 3 is 2.29 bits per heavy atom. The van der Waals surface area contributed by atoms with Gasteiger partial charge in [-0.05, 0) is 33.8 Å². The molecule has 2 atom stereocenters. The minimum Gasteiger partial charge on any atom is -0.598 e. The summed E-state index contributed by atoms with van der Waals surface area (Å²) in [6.45, 7) is 5.58. The summed E-state index contributed by atoms with van der Waals surface area (Å²) in [5.41, 5.74) is -4.64. The lowest BCUT2D eigenvalue weighted by Gasteiger charge is -2.41. The minimum absolute atomic E-state index is 0.0655. The Morgan fingerprint density at radius 1 is 1.25 bits per heavy atom. The van der Waals surface area contributed by atoms with Gasteiger partial charge in [-0.3, -0.25) is 4.79 Å². The van der Waals surface area contributed by atoms with E-state index in [0.717, 1.165) is 24.3 Å². The molecule has 1 rings (SSSR count). The van der Waals surface area contributed by atoms with Crippen LogP contribution in [0.2, 0.25) is 0 Å². The summed E-state index contributed by atoms with van der Waals surface area (Å²) in [6, 6.07) is 3.83. The van der Waals surface area contributed by atoms with Crippen molar-refractivity contribution in [3.8, 4) is 0 Å². The number of alkyl halides is 4. The summed E-state index contributed by atoms with van der Waals surface area (Å²) >= 11 is -2.39. The zero-order valence-electron chi connectivity index (χ0n) is 16.0. The van der Waals surface area contributed by atoms with E-state index < -0.39 is 64.2 Å². The van der Waals surface area contributed by atoms with Gasteiger partial charge in [-0.2, -0.15) is 0 Å². The first-order valence-corrected chi connectivity index (χ1v) is 9.71. The van der Waals surface area contributed by atoms with Crippen molar-refractivity contribution in [1.82, 2.24) is 4.72 Å². The molecule has 160 valence electrons. The van der Waals surface area contributed by atoms with Gasteiger partial charge in [-0.15, -0.1) is 4.72 Å². The third kappa shape index (κ3) is 5.36. The van der Waals surface area contributed by atoms with Crippen LogP contribution < -0.4 is 4.72 Å². The molecule has 0 heterocycles. The van der Waals surface area contributed by atoms with Gasteiger partial charge in [0.2, 0.25) is 5.54 Å². The number of hydrogen-bond donors (Lipinski definition) is 1. The molecular formula is C18H24F5NO3S. The molecule has 0 fully saturated rings. The average Bonchev–Trinajstić information content (AvgIpc) is 2.57. The lowest BCUT2D eigenvalue weighted by atomic mass is 9.82. The second-order valence-corrected chi connectivity index (χ2v) is 9.05. The molecular weight excluding hydrogens is 405 g/mol. The molecule has 0 radical (unpaired) electrons. The fraction of sp³-hybridized carbons (Fsp3) is 0.611. The van der Waals surface area contributed by atoms with Crippen LogP contribution in [-0.4, -0.2) is 34.2 Å². The molecule has 0 saturated heterocycles. The van der Waals surface area contributed by atoms with Gasteiger partial charge < -0.3 is 9.29 Å². The maximum atomic E-state index is 15.2. The summed E-state index contributed by atoms with van der Waals surface area (Å²) in [5.74, 6) is -6.65. The van der Waals surface area contributed by atoms with Crippen molar-refractivity contribution in [3.63, 3.8) is 0 Å². The van der Waals surface area contributed by atoms with Gasteiger partial charge in [0.15, 0.2) is 0 Å². The zero-order valence-corrected chi connectivity index (χ0v) is 16.8. The van der Waals surface area contributed by atoms with E-state index in [1.807, 2.05) is 0 Å². The molecule has 0 amide bonds. The highest BCUT2D eigenvalue weighted by molar-refractivity contribution is 7.90.